The third-order valence-electron chi connectivity index (χ3n) is 3.48. The number of hydrogen-bond donors (Lipinski definition) is 1. The smallest absolute Gasteiger partial charge is 0.180 e. The van der Waals surface area contributed by atoms with E-state index >= 15 is 0 Å². The number of nitrogen functional groups attached to an aromatic ring is 1. The van der Waals surface area contributed by atoms with Crippen LogP contribution in [0.1, 0.15) is 55.3 Å². The fourth-order valence-corrected chi connectivity index (χ4v) is 3.44. The maximum absolute atomic E-state index is 5.83. The average molecular weight is 274 g/mol. The lowest BCUT2D eigenvalue weighted by molar-refractivity contribution is 0.579. The summed E-state index contributed by atoms with van der Waals surface area (Å²) in [5.74, 6) is 0.338. The SMILES string of the molecule is Cc1nc(N)sc1C(C)c1ccccc1C(C)(C)C. The van der Waals surface area contributed by atoms with Gasteiger partial charge in [0.15, 0.2) is 5.13 Å². The molecule has 1 unspecified atom stereocenters. The molecule has 0 aliphatic carbocycles. The lowest BCUT2D eigenvalue weighted by Crippen LogP contribution is -2.15. The molecule has 2 rings (SSSR count). The molecule has 0 saturated heterocycles. The van der Waals surface area contributed by atoms with Crippen molar-refractivity contribution in [3.63, 3.8) is 0 Å². The molecular formula is C16H22N2S. The molecule has 0 spiro atoms. The summed E-state index contributed by atoms with van der Waals surface area (Å²) in [7, 11) is 0. The van der Waals surface area contributed by atoms with Crippen LogP contribution in [0.25, 0.3) is 0 Å². The fourth-order valence-electron chi connectivity index (χ4n) is 2.53. The third-order valence-corrected chi connectivity index (χ3v) is 4.65. The van der Waals surface area contributed by atoms with Gasteiger partial charge in [0.2, 0.25) is 0 Å². The number of nitrogens with two attached hydrogens (primary N) is 1. The summed E-state index contributed by atoms with van der Waals surface area (Å²) in [6.45, 7) is 11.0. The fraction of sp³-hybridized carbons (Fsp3) is 0.438. The maximum atomic E-state index is 5.83. The summed E-state index contributed by atoms with van der Waals surface area (Å²) in [5.41, 5.74) is 9.80. The van der Waals surface area contributed by atoms with E-state index in [2.05, 4.69) is 56.9 Å². The summed E-state index contributed by atoms with van der Waals surface area (Å²) >= 11 is 1.60. The zero-order valence-electron chi connectivity index (χ0n) is 12.3. The van der Waals surface area contributed by atoms with Gasteiger partial charge in [-0.2, -0.15) is 0 Å². The number of hydrogen-bond acceptors (Lipinski definition) is 3. The highest BCUT2D eigenvalue weighted by Crippen LogP contribution is 2.37. The normalized spacial score (nSPS) is 13.5. The molecule has 1 atom stereocenters. The molecule has 2 aromatic rings. The van der Waals surface area contributed by atoms with Crippen LogP contribution in [-0.4, -0.2) is 4.98 Å². The van der Waals surface area contributed by atoms with Crippen molar-refractivity contribution < 1.29 is 0 Å². The first kappa shape index (κ1) is 14.1. The highest BCUT2D eigenvalue weighted by atomic mass is 32.1. The molecule has 1 heterocycles. The van der Waals surface area contributed by atoms with Gasteiger partial charge in [-0.3, -0.25) is 0 Å². The average Bonchev–Trinajstić information content (AvgIpc) is 2.66. The van der Waals surface area contributed by atoms with E-state index < -0.39 is 0 Å². The zero-order chi connectivity index (χ0) is 14.2. The van der Waals surface area contributed by atoms with Crippen molar-refractivity contribution in [1.82, 2.24) is 4.98 Å². The summed E-state index contributed by atoms with van der Waals surface area (Å²) in [6, 6.07) is 8.68. The number of aromatic nitrogens is 1. The second-order valence-electron chi connectivity index (χ2n) is 6.06. The van der Waals surface area contributed by atoms with Crippen LogP contribution in [0, 0.1) is 6.92 Å². The van der Waals surface area contributed by atoms with Crippen LogP contribution in [0.3, 0.4) is 0 Å². The molecule has 0 saturated carbocycles. The Hall–Kier alpha value is -1.35. The van der Waals surface area contributed by atoms with Gasteiger partial charge in [-0.25, -0.2) is 4.98 Å². The second-order valence-corrected chi connectivity index (χ2v) is 7.12. The zero-order valence-corrected chi connectivity index (χ0v) is 13.1. The Morgan fingerprint density at radius 1 is 1.21 bits per heavy atom. The van der Waals surface area contributed by atoms with Gasteiger partial charge in [-0.1, -0.05) is 52.0 Å². The molecule has 1 aromatic heterocycles. The van der Waals surface area contributed by atoms with Crippen molar-refractivity contribution in [3.8, 4) is 0 Å². The summed E-state index contributed by atoms with van der Waals surface area (Å²) in [4.78, 5) is 5.62. The molecule has 102 valence electrons. The van der Waals surface area contributed by atoms with Crippen molar-refractivity contribution in [2.75, 3.05) is 5.73 Å². The van der Waals surface area contributed by atoms with E-state index in [4.69, 9.17) is 5.73 Å². The molecule has 2 N–H and O–H groups in total. The minimum Gasteiger partial charge on any atom is -0.375 e. The minimum absolute atomic E-state index is 0.148. The third kappa shape index (κ3) is 2.81. The monoisotopic (exact) mass is 274 g/mol. The van der Waals surface area contributed by atoms with Gasteiger partial charge >= 0.3 is 0 Å². The number of anilines is 1. The van der Waals surface area contributed by atoms with E-state index in [9.17, 15) is 0 Å². The lowest BCUT2D eigenvalue weighted by Gasteiger charge is -2.25. The van der Waals surface area contributed by atoms with E-state index in [0.29, 0.717) is 11.0 Å². The van der Waals surface area contributed by atoms with E-state index in [-0.39, 0.29) is 5.41 Å². The molecular weight excluding hydrogens is 252 g/mol. The molecule has 0 aliphatic heterocycles. The Bertz CT molecular complexity index is 579. The molecule has 0 aliphatic rings. The largest absolute Gasteiger partial charge is 0.375 e. The van der Waals surface area contributed by atoms with Gasteiger partial charge < -0.3 is 5.73 Å². The van der Waals surface area contributed by atoms with Crippen LogP contribution in [0.2, 0.25) is 0 Å². The first-order valence-electron chi connectivity index (χ1n) is 6.63. The van der Waals surface area contributed by atoms with E-state index in [0.717, 1.165) is 5.69 Å². The molecule has 0 radical (unpaired) electrons. The van der Waals surface area contributed by atoms with Crippen LogP contribution < -0.4 is 5.73 Å². The lowest BCUT2D eigenvalue weighted by atomic mass is 9.80. The van der Waals surface area contributed by atoms with Crippen molar-refractivity contribution in [1.29, 1.82) is 0 Å². The van der Waals surface area contributed by atoms with Gasteiger partial charge in [0, 0.05) is 10.8 Å². The molecule has 3 heteroatoms. The molecule has 1 aromatic carbocycles. The highest BCUT2D eigenvalue weighted by Gasteiger charge is 2.23. The highest BCUT2D eigenvalue weighted by molar-refractivity contribution is 7.15. The Morgan fingerprint density at radius 2 is 1.84 bits per heavy atom. The number of rotatable bonds is 2. The van der Waals surface area contributed by atoms with Crippen molar-refractivity contribution in [2.45, 2.75) is 46.0 Å². The number of nitrogens with zero attached hydrogens (tertiary/aromatic N) is 1. The summed E-state index contributed by atoms with van der Waals surface area (Å²) in [6.07, 6.45) is 0. The molecule has 19 heavy (non-hydrogen) atoms. The van der Waals surface area contributed by atoms with Crippen molar-refractivity contribution in [3.05, 3.63) is 46.0 Å². The van der Waals surface area contributed by atoms with Crippen LogP contribution in [0.5, 0.6) is 0 Å². The van der Waals surface area contributed by atoms with Crippen molar-refractivity contribution >= 4 is 16.5 Å². The van der Waals surface area contributed by atoms with Crippen LogP contribution in [-0.2, 0) is 5.41 Å². The van der Waals surface area contributed by atoms with Gasteiger partial charge in [-0.05, 0) is 23.5 Å². The Labute approximate surface area is 119 Å². The van der Waals surface area contributed by atoms with Gasteiger partial charge in [0.25, 0.3) is 0 Å². The molecule has 0 bridgehead atoms. The molecule has 2 nitrogen and oxygen atoms in total. The standard InChI is InChI=1S/C16H22N2S/c1-10(14-11(2)18-15(17)19-14)12-8-6-7-9-13(12)16(3,4)5/h6-10H,1-5H3,(H2,17,18). The van der Waals surface area contributed by atoms with Gasteiger partial charge in [-0.15, -0.1) is 11.3 Å². The van der Waals surface area contributed by atoms with Crippen LogP contribution in [0.15, 0.2) is 24.3 Å². The first-order chi connectivity index (χ1) is 8.80. The quantitative estimate of drug-likeness (QED) is 0.876. The summed E-state index contributed by atoms with van der Waals surface area (Å²) in [5, 5.41) is 0.660. The predicted molar refractivity (Wildman–Crippen MR) is 83.9 cm³/mol. The van der Waals surface area contributed by atoms with E-state index in [1.807, 2.05) is 6.92 Å². The van der Waals surface area contributed by atoms with E-state index in [1.54, 1.807) is 11.3 Å². The van der Waals surface area contributed by atoms with Gasteiger partial charge in [0.1, 0.15) is 0 Å². The topological polar surface area (TPSA) is 38.9 Å². The predicted octanol–water partition coefficient (Wildman–Crippen LogP) is 4.48. The maximum Gasteiger partial charge on any atom is 0.180 e. The second kappa shape index (κ2) is 4.97. The number of thiazole rings is 1. The van der Waals surface area contributed by atoms with Crippen molar-refractivity contribution in [2.24, 2.45) is 0 Å². The first-order valence-corrected chi connectivity index (χ1v) is 7.44. The number of benzene rings is 1. The number of aryl methyl sites for hydroxylation is 1. The van der Waals surface area contributed by atoms with Crippen LogP contribution in [0.4, 0.5) is 5.13 Å². The molecule has 0 fully saturated rings. The Kier molecular flexibility index (Phi) is 3.68. The Balaban J connectivity index is 2.50. The minimum atomic E-state index is 0.148. The summed E-state index contributed by atoms with van der Waals surface area (Å²) < 4.78 is 0. The van der Waals surface area contributed by atoms with Crippen LogP contribution >= 0.6 is 11.3 Å². The molecule has 0 amide bonds. The Morgan fingerprint density at radius 3 is 2.37 bits per heavy atom. The van der Waals surface area contributed by atoms with Gasteiger partial charge in [0.05, 0.1) is 5.69 Å². The van der Waals surface area contributed by atoms with E-state index in [1.165, 1.54) is 16.0 Å².